The average Bonchev–Trinajstić information content (AvgIpc) is 3.29. The molecule has 3 saturated heterocycles. The van der Waals surface area contributed by atoms with Gasteiger partial charge in [0.05, 0.1) is 10.5 Å². The van der Waals surface area contributed by atoms with Gasteiger partial charge in [0.2, 0.25) is 0 Å². The van der Waals surface area contributed by atoms with Gasteiger partial charge in [0.1, 0.15) is 0 Å². The Balaban J connectivity index is 1.37. The number of amides is 1. The lowest BCUT2D eigenvalue weighted by Crippen LogP contribution is -2.54. The summed E-state index contributed by atoms with van der Waals surface area (Å²) in [5.41, 5.74) is 0.0255. The minimum atomic E-state index is 0.0255. The zero-order valence-corrected chi connectivity index (χ0v) is 14.5. The quantitative estimate of drug-likeness (QED) is 0.833. The molecule has 1 aromatic rings. The molecule has 0 N–H and O–H groups in total. The van der Waals surface area contributed by atoms with Gasteiger partial charge in [-0.15, -0.1) is 11.3 Å². The van der Waals surface area contributed by atoms with Crippen LogP contribution >= 0.6 is 11.3 Å². The Morgan fingerprint density at radius 1 is 1.22 bits per heavy atom. The van der Waals surface area contributed by atoms with E-state index in [2.05, 4.69) is 4.90 Å². The maximum Gasteiger partial charge on any atom is 0.263 e. The van der Waals surface area contributed by atoms with Crippen LogP contribution in [0.4, 0.5) is 0 Å². The molecule has 0 bridgehead atoms. The Hall–Kier alpha value is -0.910. The van der Waals surface area contributed by atoms with Crippen molar-refractivity contribution in [3.8, 4) is 0 Å². The standard InChI is InChI=1S/C18H26N2O2S/c21-17(16-4-3-13-23-16)20-10-6-18(7-11-20)14-15(5-12-22-18)19-8-1-2-9-19/h3-4,13,15H,1-2,5-12,14H2. The summed E-state index contributed by atoms with van der Waals surface area (Å²) in [6.07, 6.45) is 7.04. The van der Waals surface area contributed by atoms with E-state index >= 15 is 0 Å². The molecular formula is C18H26N2O2S. The Bertz CT molecular complexity index is 531. The number of piperidine rings is 1. The van der Waals surface area contributed by atoms with E-state index in [1.54, 1.807) is 0 Å². The summed E-state index contributed by atoms with van der Waals surface area (Å²) in [7, 11) is 0. The van der Waals surface area contributed by atoms with Crippen LogP contribution in [0.25, 0.3) is 0 Å². The van der Waals surface area contributed by atoms with E-state index in [1.165, 1.54) is 43.7 Å². The van der Waals surface area contributed by atoms with E-state index < -0.39 is 0 Å². The van der Waals surface area contributed by atoms with Crippen LogP contribution < -0.4 is 0 Å². The van der Waals surface area contributed by atoms with Crippen molar-refractivity contribution < 1.29 is 9.53 Å². The monoisotopic (exact) mass is 334 g/mol. The molecule has 1 spiro atoms. The summed E-state index contributed by atoms with van der Waals surface area (Å²) < 4.78 is 6.25. The summed E-state index contributed by atoms with van der Waals surface area (Å²) in [5.74, 6) is 0.196. The van der Waals surface area contributed by atoms with E-state index in [9.17, 15) is 4.79 Å². The van der Waals surface area contributed by atoms with Crippen molar-refractivity contribution in [1.82, 2.24) is 9.80 Å². The summed E-state index contributed by atoms with van der Waals surface area (Å²) in [6.45, 7) is 5.10. The normalized spacial score (nSPS) is 28.3. The first kappa shape index (κ1) is 15.6. The van der Waals surface area contributed by atoms with E-state index in [4.69, 9.17) is 4.74 Å². The Morgan fingerprint density at radius 2 is 2.00 bits per heavy atom. The SMILES string of the molecule is O=C(c1cccs1)N1CCC2(CC1)CC(N1CCCC1)CCO2. The first-order valence-electron chi connectivity index (χ1n) is 8.97. The van der Waals surface area contributed by atoms with Crippen LogP contribution in [0.3, 0.4) is 0 Å². The molecule has 3 fully saturated rings. The fourth-order valence-electron chi connectivity index (χ4n) is 4.44. The molecule has 0 radical (unpaired) electrons. The summed E-state index contributed by atoms with van der Waals surface area (Å²) in [5, 5.41) is 1.98. The predicted molar refractivity (Wildman–Crippen MR) is 92.0 cm³/mol. The van der Waals surface area contributed by atoms with Gasteiger partial charge >= 0.3 is 0 Å². The van der Waals surface area contributed by atoms with Crippen LogP contribution in [0.1, 0.15) is 48.2 Å². The summed E-state index contributed by atoms with van der Waals surface area (Å²) in [4.78, 5) is 18.0. The maximum atomic E-state index is 12.5. The van der Waals surface area contributed by atoms with Gasteiger partial charge in [0, 0.05) is 25.7 Å². The molecular weight excluding hydrogens is 308 g/mol. The predicted octanol–water partition coefficient (Wildman–Crippen LogP) is 3.00. The second kappa shape index (κ2) is 6.54. The maximum absolute atomic E-state index is 12.5. The van der Waals surface area contributed by atoms with Gasteiger partial charge in [-0.05, 0) is 63.1 Å². The highest BCUT2D eigenvalue weighted by atomic mass is 32.1. The van der Waals surface area contributed by atoms with Gasteiger partial charge in [0.15, 0.2) is 0 Å². The third kappa shape index (κ3) is 3.19. The van der Waals surface area contributed by atoms with Gasteiger partial charge in [-0.2, -0.15) is 0 Å². The van der Waals surface area contributed by atoms with E-state index in [-0.39, 0.29) is 11.5 Å². The average molecular weight is 334 g/mol. The first-order valence-corrected chi connectivity index (χ1v) is 9.85. The number of hydrogen-bond acceptors (Lipinski definition) is 4. The van der Waals surface area contributed by atoms with Crippen molar-refractivity contribution in [2.24, 2.45) is 0 Å². The van der Waals surface area contributed by atoms with Crippen LogP contribution in [0.15, 0.2) is 17.5 Å². The van der Waals surface area contributed by atoms with Crippen LogP contribution in [0.5, 0.6) is 0 Å². The number of carbonyl (C=O) groups excluding carboxylic acids is 1. The second-order valence-electron chi connectivity index (χ2n) is 7.19. The molecule has 0 aromatic carbocycles. The Morgan fingerprint density at radius 3 is 2.70 bits per heavy atom. The van der Waals surface area contributed by atoms with Gasteiger partial charge in [-0.3, -0.25) is 4.79 Å². The van der Waals surface area contributed by atoms with Crippen molar-refractivity contribution in [3.63, 3.8) is 0 Å². The fourth-order valence-corrected chi connectivity index (χ4v) is 5.13. The molecule has 23 heavy (non-hydrogen) atoms. The van der Waals surface area contributed by atoms with Crippen LogP contribution in [0, 0.1) is 0 Å². The van der Waals surface area contributed by atoms with Gasteiger partial charge in [0.25, 0.3) is 5.91 Å². The molecule has 1 aromatic heterocycles. The van der Waals surface area contributed by atoms with E-state index in [0.717, 1.165) is 43.8 Å². The van der Waals surface area contributed by atoms with Crippen molar-refractivity contribution >= 4 is 17.2 Å². The summed E-state index contributed by atoms with van der Waals surface area (Å²) >= 11 is 1.54. The highest BCUT2D eigenvalue weighted by Gasteiger charge is 2.42. The van der Waals surface area contributed by atoms with Crippen molar-refractivity contribution in [2.45, 2.75) is 50.2 Å². The molecule has 126 valence electrons. The lowest BCUT2D eigenvalue weighted by molar-refractivity contribution is -0.128. The zero-order valence-electron chi connectivity index (χ0n) is 13.7. The summed E-state index contributed by atoms with van der Waals surface area (Å²) in [6, 6.07) is 4.58. The fraction of sp³-hybridized carbons (Fsp3) is 0.722. The van der Waals surface area contributed by atoms with Gasteiger partial charge in [-0.25, -0.2) is 0 Å². The zero-order chi connectivity index (χ0) is 15.7. The minimum Gasteiger partial charge on any atom is -0.375 e. The molecule has 3 aliphatic heterocycles. The highest BCUT2D eigenvalue weighted by Crippen LogP contribution is 2.37. The molecule has 4 nitrogen and oxygen atoms in total. The number of thiophene rings is 1. The number of carbonyl (C=O) groups is 1. The van der Waals surface area contributed by atoms with Crippen LogP contribution in [-0.4, -0.2) is 60.1 Å². The number of nitrogens with zero attached hydrogens (tertiary/aromatic N) is 2. The molecule has 0 saturated carbocycles. The smallest absolute Gasteiger partial charge is 0.263 e. The third-order valence-corrected chi connectivity index (χ3v) is 6.68. The third-order valence-electron chi connectivity index (χ3n) is 5.82. The molecule has 1 amide bonds. The Labute approximate surface area is 142 Å². The Kier molecular flexibility index (Phi) is 4.43. The number of hydrogen-bond donors (Lipinski definition) is 0. The minimum absolute atomic E-state index is 0.0255. The second-order valence-corrected chi connectivity index (χ2v) is 8.14. The van der Waals surface area contributed by atoms with Crippen molar-refractivity contribution in [2.75, 3.05) is 32.8 Å². The number of rotatable bonds is 2. The molecule has 4 rings (SSSR count). The van der Waals surface area contributed by atoms with Gasteiger partial charge < -0.3 is 14.5 Å². The van der Waals surface area contributed by atoms with Crippen molar-refractivity contribution in [3.05, 3.63) is 22.4 Å². The van der Waals surface area contributed by atoms with E-state index in [0.29, 0.717) is 6.04 Å². The van der Waals surface area contributed by atoms with E-state index in [1.807, 2.05) is 22.4 Å². The van der Waals surface area contributed by atoms with Crippen LogP contribution in [-0.2, 0) is 4.74 Å². The highest BCUT2D eigenvalue weighted by molar-refractivity contribution is 7.12. The number of ether oxygens (including phenoxy) is 1. The molecule has 3 aliphatic rings. The van der Waals surface area contributed by atoms with Crippen molar-refractivity contribution in [1.29, 1.82) is 0 Å². The molecule has 4 heterocycles. The van der Waals surface area contributed by atoms with Gasteiger partial charge in [-0.1, -0.05) is 6.07 Å². The largest absolute Gasteiger partial charge is 0.375 e. The molecule has 1 atom stereocenters. The lowest BCUT2D eigenvalue weighted by Gasteiger charge is -2.48. The number of likely N-dealkylation sites (tertiary alicyclic amines) is 2. The van der Waals surface area contributed by atoms with Crippen LogP contribution in [0.2, 0.25) is 0 Å². The first-order chi connectivity index (χ1) is 11.3. The molecule has 1 unspecified atom stereocenters. The topological polar surface area (TPSA) is 32.8 Å². The molecule has 0 aliphatic carbocycles. The molecule has 5 heteroatoms. The lowest BCUT2D eigenvalue weighted by atomic mass is 9.82.